The molecule has 3 rings (SSSR count). The Morgan fingerprint density at radius 2 is 1.86 bits per heavy atom. The average molecular weight is 438 g/mol. The van der Waals surface area contributed by atoms with E-state index in [1.165, 1.54) is 17.7 Å². The molecule has 29 heavy (non-hydrogen) atoms. The maximum Gasteiger partial charge on any atom is 0.251 e. The number of nitrogens with zero attached hydrogens (tertiary/aromatic N) is 1. The summed E-state index contributed by atoms with van der Waals surface area (Å²) in [5.74, 6) is -0.309. The lowest BCUT2D eigenvalue weighted by Gasteiger charge is -2.26. The molecule has 9 heteroatoms. The molecular formula is C20H24ClN3O4S. The number of rotatable bonds is 7. The molecular weight excluding hydrogens is 414 g/mol. The van der Waals surface area contributed by atoms with Crippen LogP contribution in [0.3, 0.4) is 0 Å². The molecule has 0 aromatic heterocycles. The Morgan fingerprint density at radius 1 is 1.14 bits per heavy atom. The number of morpholine rings is 1. The number of sulfonamides is 1. The SMILES string of the molecule is CS(=O)(=O)Nc1cc(C(=O)NCc2cccc(CN3CCOCC3)c2)ccc1Cl. The molecule has 1 saturated heterocycles. The smallest absolute Gasteiger partial charge is 0.251 e. The molecule has 0 bridgehead atoms. The summed E-state index contributed by atoms with van der Waals surface area (Å²) in [6.07, 6.45) is 1.03. The van der Waals surface area contributed by atoms with Gasteiger partial charge in [-0.05, 0) is 29.3 Å². The quantitative estimate of drug-likeness (QED) is 0.694. The standard InChI is InChI=1S/C20H24ClN3O4S/c1-29(26,27)23-19-12-17(5-6-18(19)21)20(25)22-13-15-3-2-4-16(11-15)14-24-7-9-28-10-8-24/h2-6,11-12,23H,7-10,13-14H2,1H3,(H,22,25). The zero-order valence-electron chi connectivity index (χ0n) is 16.2. The zero-order chi connectivity index (χ0) is 20.9. The van der Waals surface area contributed by atoms with Crippen LogP contribution in [-0.4, -0.2) is 51.8 Å². The van der Waals surface area contributed by atoms with Gasteiger partial charge in [-0.15, -0.1) is 0 Å². The molecule has 1 amide bonds. The molecule has 0 atom stereocenters. The van der Waals surface area contributed by atoms with Crippen LogP contribution in [0.2, 0.25) is 5.02 Å². The average Bonchev–Trinajstić information content (AvgIpc) is 2.68. The molecule has 0 radical (unpaired) electrons. The van der Waals surface area contributed by atoms with Crippen LogP contribution in [0.15, 0.2) is 42.5 Å². The van der Waals surface area contributed by atoms with E-state index in [0.29, 0.717) is 12.1 Å². The summed E-state index contributed by atoms with van der Waals surface area (Å²) < 4.78 is 30.6. The van der Waals surface area contributed by atoms with Gasteiger partial charge >= 0.3 is 0 Å². The number of anilines is 1. The van der Waals surface area contributed by atoms with Crippen LogP contribution in [-0.2, 0) is 27.8 Å². The molecule has 0 aliphatic carbocycles. The van der Waals surface area contributed by atoms with E-state index in [2.05, 4.69) is 27.1 Å². The largest absolute Gasteiger partial charge is 0.379 e. The molecule has 2 N–H and O–H groups in total. The Labute approximate surface area is 176 Å². The van der Waals surface area contributed by atoms with Crippen LogP contribution in [0.5, 0.6) is 0 Å². The van der Waals surface area contributed by atoms with Crippen molar-refractivity contribution in [1.29, 1.82) is 0 Å². The number of carbonyl (C=O) groups is 1. The highest BCUT2D eigenvalue weighted by Crippen LogP contribution is 2.24. The van der Waals surface area contributed by atoms with Gasteiger partial charge in [-0.3, -0.25) is 14.4 Å². The van der Waals surface area contributed by atoms with E-state index in [4.69, 9.17) is 16.3 Å². The van der Waals surface area contributed by atoms with E-state index in [-0.39, 0.29) is 16.6 Å². The fraction of sp³-hybridized carbons (Fsp3) is 0.350. The van der Waals surface area contributed by atoms with Gasteiger partial charge in [0.2, 0.25) is 10.0 Å². The number of carbonyl (C=O) groups excluding carboxylic acids is 1. The predicted octanol–water partition coefficient (Wildman–Crippen LogP) is 2.47. The van der Waals surface area contributed by atoms with Gasteiger partial charge in [0.1, 0.15) is 0 Å². The lowest BCUT2D eigenvalue weighted by Crippen LogP contribution is -2.35. The fourth-order valence-electron chi connectivity index (χ4n) is 3.08. The predicted molar refractivity (Wildman–Crippen MR) is 114 cm³/mol. The van der Waals surface area contributed by atoms with Gasteiger partial charge in [0.25, 0.3) is 5.91 Å². The second-order valence-corrected chi connectivity index (χ2v) is 9.12. The number of amides is 1. The highest BCUT2D eigenvalue weighted by molar-refractivity contribution is 7.92. The van der Waals surface area contributed by atoms with Crippen molar-refractivity contribution in [2.24, 2.45) is 0 Å². The normalized spacial score (nSPS) is 15.1. The lowest BCUT2D eigenvalue weighted by atomic mass is 10.1. The van der Waals surface area contributed by atoms with Crippen molar-refractivity contribution in [1.82, 2.24) is 10.2 Å². The Kier molecular flexibility index (Phi) is 7.13. The number of benzene rings is 2. The van der Waals surface area contributed by atoms with Gasteiger partial charge in [-0.1, -0.05) is 35.9 Å². The fourth-order valence-corrected chi connectivity index (χ4v) is 3.87. The first kappa shape index (κ1) is 21.6. The van der Waals surface area contributed by atoms with Crippen molar-refractivity contribution < 1.29 is 17.9 Å². The van der Waals surface area contributed by atoms with E-state index < -0.39 is 10.0 Å². The third-order valence-corrected chi connectivity index (χ3v) is 5.40. The van der Waals surface area contributed by atoms with E-state index in [1.807, 2.05) is 12.1 Å². The van der Waals surface area contributed by atoms with E-state index in [0.717, 1.165) is 44.7 Å². The second-order valence-electron chi connectivity index (χ2n) is 6.96. The summed E-state index contributed by atoms with van der Waals surface area (Å²) in [5.41, 5.74) is 2.68. The van der Waals surface area contributed by atoms with Crippen molar-refractivity contribution in [3.05, 3.63) is 64.2 Å². The maximum absolute atomic E-state index is 12.5. The first-order valence-corrected chi connectivity index (χ1v) is 11.5. The second kappa shape index (κ2) is 9.58. The molecule has 1 heterocycles. The van der Waals surface area contributed by atoms with Gasteiger partial charge in [0.15, 0.2) is 0 Å². The van der Waals surface area contributed by atoms with Gasteiger partial charge in [-0.25, -0.2) is 8.42 Å². The number of ether oxygens (including phenoxy) is 1. The third-order valence-electron chi connectivity index (χ3n) is 4.48. The van der Waals surface area contributed by atoms with Crippen LogP contribution in [0, 0.1) is 0 Å². The minimum Gasteiger partial charge on any atom is -0.379 e. The van der Waals surface area contributed by atoms with Crippen LogP contribution in [0.25, 0.3) is 0 Å². The number of halogens is 1. The molecule has 1 fully saturated rings. The minimum absolute atomic E-state index is 0.175. The van der Waals surface area contributed by atoms with E-state index in [9.17, 15) is 13.2 Å². The van der Waals surface area contributed by atoms with Crippen LogP contribution < -0.4 is 10.0 Å². The maximum atomic E-state index is 12.5. The van der Waals surface area contributed by atoms with Crippen LogP contribution >= 0.6 is 11.6 Å². The molecule has 7 nitrogen and oxygen atoms in total. The van der Waals surface area contributed by atoms with Gasteiger partial charge in [0.05, 0.1) is 30.2 Å². The Bertz CT molecular complexity index is 975. The van der Waals surface area contributed by atoms with Crippen molar-refractivity contribution in [2.75, 3.05) is 37.3 Å². The van der Waals surface area contributed by atoms with Gasteiger partial charge < -0.3 is 10.1 Å². The summed E-state index contributed by atoms with van der Waals surface area (Å²) >= 11 is 6.01. The van der Waals surface area contributed by atoms with Crippen LogP contribution in [0.4, 0.5) is 5.69 Å². The molecule has 1 aliphatic rings. The Balaban J connectivity index is 1.62. The molecule has 2 aromatic carbocycles. The first-order chi connectivity index (χ1) is 13.8. The zero-order valence-corrected chi connectivity index (χ0v) is 17.7. The molecule has 1 aliphatic heterocycles. The summed E-state index contributed by atoms with van der Waals surface area (Å²) in [4.78, 5) is 14.8. The monoisotopic (exact) mass is 437 g/mol. The number of hydrogen-bond acceptors (Lipinski definition) is 5. The molecule has 0 unspecified atom stereocenters. The van der Waals surface area contributed by atoms with E-state index >= 15 is 0 Å². The first-order valence-electron chi connectivity index (χ1n) is 9.23. The van der Waals surface area contributed by atoms with Crippen molar-refractivity contribution in [2.45, 2.75) is 13.1 Å². The van der Waals surface area contributed by atoms with Crippen molar-refractivity contribution in [3.63, 3.8) is 0 Å². The molecule has 0 saturated carbocycles. The highest BCUT2D eigenvalue weighted by atomic mass is 35.5. The number of nitrogens with one attached hydrogen (secondary N) is 2. The summed E-state index contributed by atoms with van der Waals surface area (Å²) in [6.45, 7) is 4.57. The van der Waals surface area contributed by atoms with E-state index in [1.54, 1.807) is 6.07 Å². The third kappa shape index (κ3) is 6.71. The van der Waals surface area contributed by atoms with Crippen molar-refractivity contribution in [3.8, 4) is 0 Å². The summed E-state index contributed by atoms with van der Waals surface area (Å²) in [7, 11) is -3.49. The highest BCUT2D eigenvalue weighted by Gasteiger charge is 2.13. The molecule has 156 valence electrons. The minimum atomic E-state index is -3.49. The molecule has 0 spiro atoms. The van der Waals surface area contributed by atoms with Gasteiger partial charge in [0, 0.05) is 31.7 Å². The Morgan fingerprint density at radius 3 is 2.59 bits per heavy atom. The lowest BCUT2D eigenvalue weighted by molar-refractivity contribution is 0.0342. The molecule has 2 aromatic rings. The van der Waals surface area contributed by atoms with Gasteiger partial charge in [-0.2, -0.15) is 0 Å². The Hall–Kier alpha value is -2.13. The van der Waals surface area contributed by atoms with Crippen LogP contribution in [0.1, 0.15) is 21.5 Å². The summed E-state index contributed by atoms with van der Waals surface area (Å²) in [6, 6.07) is 12.6. The number of hydrogen-bond donors (Lipinski definition) is 2. The van der Waals surface area contributed by atoms with Crippen molar-refractivity contribution >= 4 is 33.2 Å². The summed E-state index contributed by atoms with van der Waals surface area (Å²) in [5, 5.41) is 3.09. The topological polar surface area (TPSA) is 87.7 Å².